The zero-order chi connectivity index (χ0) is 40.9. The number of aliphatic imine (C=N–C) groups is 1. The molecule has 0 spiro atoms. The van der Waals surface area contributed by atoms with Gasteiger partial charge in [-0.1, -0.05) is 24.3 Å². The Labute approximate surface area is 353 Å². The SMILES string of the molecule is O=C1CCC(Nc2ccc(C3CCN(CCC4CCN(C(=O)C5CCC(NC6=IC=C(F)C(c7cccc(-n8ccccc8=O)c7)=N6)CC5)CC4)CC3)c(F)c2)C(=O)N1. The van der Waals surface area contributed by atoms with Crippen molar-refractivity contribution in [1.82, 2.24) is 25.0 Å². The van der Waals surface area contributed by atoms with Gasteiger partial charge in [0.15, 0.2) is 5.83 Å². The molecule has 1 aromatic heterocycles. The fourth-order valence-corrected chi connectivity index (χ4v) is 11.1. The number of imide groups is 1. The van der Waals surface area contributed by atoms with Crippen molar-refractivity contribution in [2.75, 3.05) is 38.0 Å². The highest BCUT2D eigenvalue weighted by atomic mass is 127. The van der Waals surface area contributed by atoms with Crippen LogP contribution in [0, 0.1) is 17.7 Å². The summed E-state index contributed by atoms with van der Waals surface area (Å²) < 4.78 is 34.3. The molecule has 0 bridgehead atoms. The van der Waals surface area contributed by atoms with Crippen LogP contribution in [0.1, 0.15) is 87.7 Å². The lowest BCUT2D eigenvalue weighted by molar-refractivity contribution is -0.138. The zero-order valence-electron chi connectivity index (χ0n) is 33.2. The maximum atomic E-state index is 15.2. The molecule has 59 heavy (non-hydrogen) atoms. The number of halogens is 3. The summed E-state index contributed by atoms with van der Waals surface area (Å²) in [6, 6.07) is 17.0. The van der Waals surface area contributed by atoms with Gasteiger partial charge in [-0.15, -0.1) is 0 Å². The summed E-state index contributed by atoms with van der Waals surface area (Å²) in [5.41, 5.74) is 2.67. The number of pyridine rings is 1. The molecule has 5 heterocycles. The van der Waals surface area contributed by atoms with Crippen molar-refractivity contribution in [3.8, 4) is 5.69 Å². The molecule has 4 aliphatic heterocycles. The van der Waals surface area contributed by atoms with Gasteiger partial charge in [-0.25, -0.2) is 13.8 Å². The Kier molecular flexibility index (Phi) is 13.2. The lowest BCUT2D eigenvalue weighted by Crippen LogP contribution is -2.47. The maximum absolute atomic E-state index is 15.2. The molecule has 3 amide bonds. The van der Waals surface area contributed by atoms with E-state index in [4.69, 9.17) is 4.99 Å². The lowest BCUT2D eigenvalue weighted by atomic mass is 9.84. The van der Waals surface area contributed by atoms with Gasteiger partial charge in [0.05, 0.1) is 0 Å². The standard InChI is InChI=1S/C45H52F2IN7O4/c46-37-27-34(49-39-13-14-40(56)51-43(39)58)11-12-36(37)30-18-22-53(23-19-30)21-15-29-16-24-54(25-17-29)44(59)31-7-9-33(10-8-31)50-45-48-28-38(47)42(52-45)32-4-3-5-35(26-32)55-20-2-1-6-41(55)57/h1-6,11-12,20,26-31,33,39,49H,7-10,13-19,21-25H2,(H,50,52)(H,51,56,58). The molecule has 2 aromatic carbocycles. The molecule has 1 unspecified atom stereocenters. The summed E-state index contributed by atoms with van der Waals surface area (Å²) in [6.45, 7) is 4.52. The first-order valence-corrected chi connectivity index (χ1v) is 23.4. The van der Waals surface area contributed by atoms with Gasteiger partial charge < -0.3 is 15.1 Å². The normalized spacial score (nSPS) is 23.7. The summed E-state index contributed by atoms with van der Waals surface area (Å²) in [6.07, 6.45) is 10.8. The van der Waals surface area contributed by atoms with E-state index in [-0.39, 0.29) is 64.9 Å². The summed E-state index contributed by atoms with van der Waals surface area (Å²) >= 11 is -0.746. The Bertz CT molecular complexity index is 2200. The monoisotopic (exact) mass is 919 g/mol. The van der Waals surface area contributed by atoms with E-state index in [0.717, 1.165) is 99.8 Å². The number of likely N-dealkylation sites (tertiary alicyclic amines) is 2. The van der Waals surface area contributed by atoms with Crippen molar-refractivity contribution in [2.24, 2.45) is 16.8 Å². The summed E-state index contributed by atoms with van der Waals surface area (Å²) in [7, 11) is 0. The number of nitrogens with zero attached hydrogens (tertiary/aromatic N) is 4. The Morgan fingerprint density at radius 2 is 1.64 bits per heavy atom. The van der Waals surface area contributed by atoms with Crippen molar-refractivity contribution in [3.05, 3.63) is 104 Å². The summed E-state index contributed by atoms with van der Waals surface area (Å²) in [5.74, 6) is -0.139. The fraction of sp³-hybridized carbons (Fsp3) is 0.467. The van der Waals surface area contributed by atoms with Crippen molar-refractivity contribution >= 4 is 53.6 Å². The fourth-order valence-electron chi connectivity index (χ4n) is 9.20. The smallest absolute Gasteiger partial charge is 0.255 e. The number of piperidine rings is 3. The van der Waals surface area contributed by atoms with E-state index < -0.39 is 26.8 Å². The third-order valence-corrected chi connectivity index (χ3v) is 14.7. The van der Waals surface area contributed by atoms with E-state index in [1.807, 2.05) is 30.3 Å². The predicted molar refractivity (Wildman–Crippen MR) is 234 cm³/mol. The number of carbonyl (C=O) groups is 3. The minimum atomic E-state index is -0.746. The molecule has 14 heteroatoms. The van der Waals surface area contributed by atoms with Gasteiger partial charge in [0.1, 0.15) is 21.3 Å². The maximum Gasteiger partial charge on any atom is 0.255 e. The molecule has 11 nitrogen and oxygen atoms in total. The van der Waals surface area contributed by atoms with E-state index in [0.29, 0.717) is 29.3 Å². The molecule has 0 radical (unpaired) electrons. The van der Waals surface area contributed by atoms with E-state index in [2.05, 4.69) is 25.8 Å². The molecular weight excluding hydrogens is 867 g/mol. The van der Waals surface area contributed by atoms with E-state index in [9.17, 15) is 19.2 Å². The van der Waals surface area contributed by atoms with Crippen molar-refractivity contribution < 1.29 is 23.2 Å². The first kappa shape index (κ1) is 41.3. The topological polar surface area (TPSA) is 128 Å². The molecule has 8 rings (SSSR count). The molecule has 3 saturated heterocycles. The first-order valence-electron chi connectivity index (χ1n) is 21.1. The van der Waals surface area contributed by atoms with Crippen LogP contribution in [0.3, 0.4) is 0 Å². The average Bonchev–Trinajstić information content (AvgIpc) is 3.25. The number of nitrogens with one attached hydrogen (secondary N) is 3. The van der Waals surface area contributed by atoms with Gasteiger partial charge >= 0.3 is 0 Å². The van der Waals surface area contributed by atoms with Crippen LogP contribution in [0.5, 0.6) is 0 Å². The lowest BCUT2D eigenvalue weighted by Gasteiger charge is -2.37. The molecule has 312 valence electrons. The minimum absolute atomic E-state index is 0.0418. The number of rotatable bonds is 11. The number of anilines is 1. The molecule has 1 atom stereocenters. The predicted octanol–water partition coefficient (Wildman–Crippen LogP) is 6.52. The summed E-state index contributed by atoms with van der Waals surface area (Å²) in [4.78, 5) is 58.8. The van der Waals surface area contributed by atoms with Gasteiger partial charge in [0.25, 0.3) is 5.56 Å². The average molecular weight is 920 g/mol. The van der Waals surface area contributed by atoms with Gasteiger partial charge in [-0.2, -0.15) is 0 Å². The Morgan fingerprint density at radius 1 is 0.847 bits per heavy atom. The first-order chi connectivity index (χ1) is 28.7. The number of carbonyl (C=O) groups excluding carboxylic acids is 3. The Hall–Kier alpha value is -4.41. The van der Waals surface area contributed by atoms with Crippen molar-refractivity contribution in [1.29, 1.82) is 0 Å². The number of hydrogen-bond acceptors (Lipinski definition) is 8. The van der Waals surface area contributed by atoms with Gasteiger partial charge in [-0.05, 0) is 152 Å². The number of hydrogen-bond donors (Lipinski definition) is 3. The minimum Gasteiger partial charge on any atom is -0.374 e. The third-order valence-electron chi connectivity index (χ3n) is 12.7. The van der Waals surface area contributed by atoms with E-state index >= 15 is 8.78 Å². The zero-order valence-corrected chi connectivity index (χ0v) is 35.3. The largest absolute Gasteiger partial charge is 0.374 e. The highest BCUT2D eigenvalue weighted by Gasteiger charge is 2.33. The van der Waals surface area contributed by atoms with Crippen LogP contribution in [-0.4, -0.2) is 86.4 Å². The van der Waals surface area contributed by atoms with E-state index in [1.54, 1.807) is 28.5 Å². The number of aromatic nitrogens is 1. The van der Waals surface area contributed by atoms with Gasteiger partial charge in [0.2, 0.25) is 17.7 Å². The molecule has 4 fully saturated rings. The number of benzene rings is 2. The Morgan fingerprint density at radius 3 is 2.39 bits per heavy atom. The molecule has 1 aliphatic carbocycles. The number of amides is 3. The van der Waals surface area contributed by atoms with Crippen molar-refractivity contribution in [2.45, 2.75) is 88.6 Å². The second-order valence-electron chi connectivity index (χ2n) is 16.5. The van der Waals surface area contributed by atoms with E-state index in [1.165, 1.54) is 16.7 Å². The van der Waals surface area contributed by atoms with Crippen LogP contribution >= 0.6 is 20.7 Å². The number of allylic oxidation sites excluding steroid dienone is 1. The molecule has 3 aromatic rings. The Balaban J connectivity index is 0.739. The van der Waals surface area contributed by atoms with Crippen LogP contribution in [-0.2, 0) is 14.4 Å². The van der Waals surface area contributed by atoms with Crippen LogP contribution in [0.25, 0.3) is 5.69 Å². The highest BCUT2D eigenvalue weighted by molar-refractivity contribution is 14.2. The van der Waals surface area contributed by atoms with Crippen LogP contribution in [0.2, 0.25) is 0 Å². The second-order valence-corrected chi connectivity index (χ2v) is 18.8. The molecular formula is C45H52F2IN7O4. The van der Waals surface area contributed by atoms with Crippen molar-refractivity contribution in [3.63, 3.8) is 0 Å². The molecule has 3 N–H and O–H groups in total. The van der Waals surface area contributed by atoms with Gasteiger partial charge in [0, 0.05) is 64.8 Å². The van der Waals surface area contributed by atoms with Crippen LogP contribution in [0.15, 0.2) is 86.6 Å². The third kappa shape index (κ3) is 10.1. The van der Waals surface area contributed by atoms with Crippen LogP contribution in [0.4, 0.5) is 14.5 Å². The quantitative estimate of drug-likeness (QED) is 0.148. The molecule has 1 saturated carbocycles. The highest BCUT2D eigenvalue weighted by Crippen LogP contribution is 2.33. The molecule has 5 aliphatic rings. The van der Waals surface area contributed by atoms with Gasteiger partial charge in [-0.3, -0.25) is 34.4 Å². The van der Waals surface area contributed by atoms with Crippen LogP contribution < -0.4 is 21.5 Å². The summed E-state index contributed by atoms with van der Waals surface area (Å²) in [5, 5.41) is 9.00. The second kappa shape index (κ2) is 18.9.